The van der Waals surface area contributed by atoms with Crippen molar-refractivity contribution in [1.82, 2.24) is 0 Å². The lowest BCUT2D eigenvalue weighted by Gasteiger charge is -2.24. The summed E-state index contributed by atoms with van der Waals surface area (Å²) in [6.07, 6.45) is 15.7. The fourth-order valence-corrected chi connectivity index (χ4v) is 1.68. The van der Waals surface area contributed by atoms with Crippen LogP contribution in [0.15, 0.2) is 37.5 Å². The molecule has 0 aromatic rings. The number of allylic oxidation sites excluding steroid dienone is 4. The van der Waals surface area contributed by atoms with Crippen LogP contribution in [0.3, 0.4) is 0 Å². The summed E-state index contributed by atoms with van der Waals surface area (Å²) < 4.78 is 0. The number of hydrogen-bond donors (Lipinski definition) is 0. The molecule has 0 aliphatic rings. The second-order valence-corrected chi connectivity index (χ2v) is 4.46. The molecule has 0 aromatic carbocycles. The molecular formula is C15H26. The summed E-state index contributed by atoms with van der Waals surface area (Å²) in [5.41, 5.74) is 0.307. The summed E-state index contributed by atoms with van der Waals surface area (Å²) in [5.74, 6) is 0. The molecule has 1 atom stereocenters. The van der Waals surface area contributed by atoms with Crippen molar-refractivity contribution in [2.75, 3.05) is 0 Å². The Morgan fingerprint density at radius 3 is 2.33 bits per heavy atom. The van der Waals surface area contributed by atoms with Crippen LogP contribution in [0.5, 0.6) is 0 Å². The quantitative estimate of drug-likeness (QED) is 0.355. The zero-order chi connectivity index (χ0) is 11.6. The molecule has 0 nitrogen and oxygen atoms in total. The van der Waals surface area contributed by atoms with E-state index in [-0.39, 0.29) is 0 Å². The molecule has 0 N–H and O–H groups in total. The zero-order valence-corrected chi connectivity index (χ0v) is 10.5. The first-order valence-electron chi connectivity index (χ1n) is 6.08. The van der Waals surface area contributed by atoms with Crippen molar-refractivity contribution < 1.29 is 0 Å². The van der Waals surface area contributed by atoms with Gasteiger partial charge in [-0.15, -0.1) is 13.2 Å². The topological polar surface area (TPSA) is 0 Å². The lowest BCUT2D eigenvalue weighted by atomic mass is 9.81. The van der Waals surface area contributed by atoms with Gasteiger partial charge in [-0.1, -0.05) is 38.2 Å². The lowest BCUT2D eigenvalue weighted by Crippen LogP contribution is -2.12. The van der Waals surface area contributed by atoms with Crippen LogP contribution in [0.4, 0.5) is 0 Å². The number of hydrogen-bond acceptors (Lipinski definition) is 0. The summed E-state index contributed by atoms with van der Waals surface area (Å²) in [5, 5.41) is 0. The molecule has 0 aliphatic heterocycles. The summed E-state index contributed by atoms with van der Waals surface area (Å²) in [6.45, 7) is 12.2. The van der Waals surface area contributed by atoms with Gasteiger partial charge in [-0.2, -0.15) is 0 Å². The summed E-state index contributed by atoms with van der Waals surface area (Å²) in [6, 6.07) is 0. The van der Waals surface area contributed by atoms with Gasteiger partial charge in [-0.3, -0.25) is 0 Å². The van der Waals surface area contributed by atoms with E-state index in [4.69, 9.17) is 0 Å². The van der Waals surface area contributed by atoms with E-state index in [1.807, 2.05) is 6.08 Å². The Hall–Kier alpha value is -0.780. The fourth-order valence-electron chi connectivity index (χ4n) is 1.68. The molecule has 0 saturated heterocycles. The fraction of sp³-hybridized carbons (Fsp3) is 0.600. The van der Waals surface area contributed by atoms with Crippen molar-refractivity contribution in [2.45, 2.75) is 52.4 Å². The Morgan fingerprint density at radius 1 is 1.07 bits per heavy atom. The molecule has 0 amide bonds. The lowest BCUT2D eigenvalue weighted by molar-refractivity contribution is 0.354. The van der Waals surface area contributed by atoms with Crippen molar-refractivity contribution in [3.63, 3.8) is 0 Å². The average molecular weight is 206 g/mol. The number of rotatable bonds is 9. The van der Waals surface area contributed by atoms with Crippen LogP contribution in [0.1, 0.15) is 52.4 Å². The van der Waals surface area contributed by atoms with E-state index in [2.05, 4.69) is 45.2 Å². The maximum Gasteiger partial charge on any atom is -0.0146 e. The van der Waals surface area contributed by atoms with Crippen molar-refractivity contribution in [3.05, 3.63) is 37.5 Å². The molecule has 0 spiro atoms. The third-order valence-corrected chi connectivity index (χ3v) is 2.93. The summed E-state index contributed by atoms with van der Waals surface area (Å²) >= 11 is 0. The first-order valence-corrected chi connectivity index (χ1v) is 6.08. The second-order valence-electron chi connectivity index (χ2n) is 4.46. The molecule has 0 heterocycles. The molecule has 0 aliphatic carbocycles. The zero-order valence-electron chi connectivity index (χ0n) is 10.5. The monoisotopic (exact) mass is 206 g/mol. The standard InChI is InChI=1S/C15H26/c1-5-8-10-12-14-15(4,7-3)13-11-9-6-2/h6-8,10H,2-3,5,9,11-14H2,1,4H3. The number of unbranched alkanes of at least 4 members (excludes halogenated alkanes) is 1. The van der Waals surface area contributed by atoms with E-state index >= 15 is 0 Å². The molecule has 0 rings (SSSR count). The van der Waals surface area contributed by atoms with Crippen LogP contribution in [0, 0.1) is 5.41 Å². The van der Waals surface area contributed by atoms with Crippen molar-refractivity contribution in [3.8, 4) is 0 Å². The Balaban J connectivity index is 3.89. The first-order chi connectivity index (χ1) is 7.18. The van der Waals surface area contributed by atoms with Crippen LogP contribution in [-0.2, 0) is 0 Å². The Morgan fingerprint density at radius 2 is 1.80 bits per heavy atom. The van der Waals surface area contributed by atoms with E-state index in [1.54, 1.807) is 0 Å². The van der Waals surface area contributed by atoms with E-state index in [0.29, 0.717) is 5.41 Å². The van der Waals surface area contributed by atoms with Gasteiger partial charge in [0.2, 0.25) is 0 Å². The van der Waals surface area contributed by atoms with Gasteiger partial charge in [0.05, 0.1) is 0 Å². The molecule has 0 fully saturated rings. The Labute approximate surface area is 95.8 Å². The molecule has 0 heteroatoms. The minimum Gasteiger partial charge on any atom is -0.103 e. The highest BCUT2D eigenvalue weighted by atomic mass is 14.2. The van der Waals surface area contributed by atoms with Crippen LogP contribution in [-0.4, -0.2) is 0 Å². The van der Waals surface area contributed by atoms with Crippen molar-refractivity contribution in [2.24, 2.45) is 5.41 Å². The third-order valence-electron chi connectivity index (χ3n) is 2.93. The largest absolute Gasteiger partial charge is 0.103 e. The smallest absolute Gasteiger partial charge is 0.0146 e. The minimum atomic E-state index is 0.307. The third kappa shape index (κ3) is 7.18. The highest BCUT2D eigenvalue weighted by molar-refractivity contribution is 4.94. The highest BCUT2D eigenvalue weighted by Gasteiger charge is 2.17. The Kier molecular flexibility index (Phi) is 8.08. The molecule has 0 aromatic heterocycles. The van der Waals surface area contributed by atoms with Crippen LogP contribution in [0.25, 0.3) is 0 Å². The summed E-state index contributed by atoms with van der Waals surface area (Å²) in [4.78, 5) is 0. The van der Waals surface area contributed by atoms with Gasteiger partial charge in [0, 0.05) is 0 Å². The van der Waals surface area contributed by atoms with E-state index in [1.165, 1.54) is 25.7 Å². The Bertz CT molecular complexity index is 200. The van der Waals surface area contributed by atoms with E-state index in [0.717, 1.165) is 12.8 Å². The first kappa shape index (κ1) is 14.2. The van der Waals surface area contributed by atoms with Gasteiger partial charge in [-0.05, 0) is 43.9 Å². The molecule has 15 heavy (non-hydrogen) atoms. The van der Waals surface area contributed by atoms with E-state index in [9.17, 15) is 0 Å². The van der Waals surface area contributed by atoms with Crippen LogP contribution < -0.4 is 0 Å². The SMILES string of the molecule is C=CCCCC(C)(C=C)CCC=CCC. The predicted octanol–water partition coefficient (Wildman–Crippen LogP) is 5.28. The van der Waals surface area contributed by atoms with Crippen LogP contribution >= 0.6 is 0 Å². The average Bonchev–Trinajstić information content (AvgIpc) is 2.25. The molecule has 0 saturated carbocycles. The minimum absolute atomic E-state index is 0.307. The van der Waals surface area contributed by atoms with Gasteiger partial charge >= 0.3 is 0 Å². The molecular weight excluding hydrogens is 180 g/mol. The highest BCUT2D eigenvalue weighted by Crippen LogP contribution is 2.31. The molecule has 1 unspecified atom stereocenters. The van der Waals surface area contributed by atoms with Gasteiger partial charge in [0.15, 0.2) is 0 Å². The predicted molar refractivity (Wildman–Crippen MR) is 71.0 cm³/mol. The van der Waals surface area contributed by atoms with Crippen molar-refractivity contribution in [1.29, 1.82) is 0 Å². The van der Waals surface area contributed by atoms with Gasteiger partial charge in [0.1, 0.15) is 0 Å². The van der Waals surface area contributed by atoms with Gasteiger partial charge in [0.25, 0.3) is 0 Å². The van der Waals surface area contributed by atoms with Gasteiger partial charge in [-0.25, -0.2) is 0 Å². The van der Waals surface area contributed by atoms with Gasteiger partial charge < -0.3 is 0 Å². The molecule has 0 radical (unpaired) electrons. The maximum absolute atomic E-state index is 3.96. The summed E-state index contributed by atoms with van der Waals surface area (Å²) in [7, 11) is 0. The normalized spacial score (nSPS) is 15.1. The van der Waals surface area contributed by atoms with Crippen molar-refractivity contribution >= 4 is 0 Å². The maximum atomic E-state index is 3.96. The van der Waals surface area contributed by atoms with Crippen LogP contribution in [0.2, 0.25) is 0 Å². The second kappa shape index (κ2) is 8.52. The molecule has 0 bridgehead atoms. The van der Waals surface area contributed by atoms with E-state index < -0.39 is 0 Å². The molecule has 86 valence electrons.